The number of urea groups is 1. The van der Waals surface area contributed by atoms with Gasteiger partial charge in [-0.2, -0.15) is 0 Å². The van der Waals surface area contributed by atoms with Crippen LogP contribution in [0.3, 0.4) is 0 Å². The van der Waals surface area contributed by atoms with Gasteiger partial charge in [-0.1, -0.05) is 48.0 Å². The third-order valence-electron chi connectivity index (χ3n) is 8.02. The number of piperidine rings is 1. The van der Waals surface area contributed by atoms with Crippen LogP contribution in [-0.2, 0) is 17.8 Å². The van der Waals surface area contributed by atoms with E-state index in [1.165, 1.54) is 6.33 Å². The lowest BCUT2D eigenvalue weighted by Crippen LogP contribution is -2.50. The Kier molecular flexibility index (Phi) is 7.53. The Morgan fingerprint density at radius 1 is 1.02 bits per heavy atom. The van der Waals surface area contributed by atoms with E-state index < -0.39 is 0 Å². The van der Waals surface area contributed by atoms with E-state index in [1.54, 1.807) is 0 Å². The van der Waals surface area contributed by atoms with E-state index in [0.717, 1.165) is 47.0 Å². The van der Waals surface area contributed by atoms with E-state index in [9.17, 15) is 9.59 Å². The minimum atomic E-state index is -0.228. The molecule has 0 atom stereocenters. The molecule has 6 rings (SSSR count). The number of halogens is 1. The van der Waals surface area contributed by atoms with Crippen molar-refractivity contribution < 1.29 is 9.59 Å². The molecular formula is C32H36ClN7O2. The SMILES string of the molecule is CC(C)(C)Nc1ncnc2c1c(-c1ccccc1Cl)cn2CC(=O)N1CCC(N2CCc3ccccc3NC2=O)CC1. The molecule has 2 aromatic carbocycles. The average Bonchev–Trinajstić information content (AvgIpc) is 3.23. The molecule has 0 spiro atoms. The van der Waals surface area contributed by atoms with Gasteiger partial charge in [-0.15, -0.1) is 0 Å². The van der Waals surface area contributed by atoms with Crippen LogP contribution in [0.2, 0.25) is 5.02 Å². The van der Waals surface area contributed by atoms with Crippen LogP contribution in [-0.4, -0.2) is 67.5 Å². The molecule has 0 saturated carbocycles. The molecule has 10 heteroatoms. The second kappa shape index (κ2) is 11.3. The van der Waals surface area contributed by atoms with Gasteiger partial charge < -0.3 is 25.0 Å². The van der Waals surface area contributed by atoms with Crippen molar-refractivity contribution in [3.05, 3.63) is 71.6 Å². The second-order valence-corrected chi connectivity index (χ2v) is 12.5. The van der Waals surface area contributed by atoms with Crippen molar-refractivity contribution in [3.63, 3.8) is 0 Å². The zero-order valence-electron chi connectivity index (χ0n) is 24.2. The minimum Gasteiger partial charge on any atom is -0.365 e. The number of nitrogens with zero attached hydrogens (tertiary/aromatic N) is 5. The second-order valence-electron chi connectivity index (χ2n) is 12.1. The van der Waals surface area contributed by atoms with Crippen LogP contribution < -0.4 is 10.6 Å². The molecule has 2 aliphatic heterocycles. The van der Waals surface area contributed by atoms with Crippen LogP contribution >= 0.6 is 11.6 Å². The third kappa shape index (κ3) is 5.66. The van der Waals surface area contributed by atoms with Gasteiger partial charge in [-0.3, -0.25) is 4.79 Å². The van der Waals surface area contributed by atoms with Crippen molar-refractivity contribution in [1.29, 1.82) is 0 Å². The highest BCUT2D eigenvalue weighted by atomic mass is 35.5. The average molecular weight is 586 g/mol. The summed E-state index contributed by atoms with van der Waals surface area (Å²) in [6.07, 6.45) is 5.79. The summed E-state index contributed by atoms with van der Waals surface area (Å²) in [5, 5.41) is 8.02. The van der Waals surface area contributed by atoms with Crippen molar-refractivity contribution in [2.75, 3.05) is 30.3 Å². The maximum atomic E-state index is 13.6. The molecule has 1 fully saturated rings. The maximum absolute atomic E-state index is 13.6. The van der Waals surface area contributed by atoms with Gasteiger partial charge in [0, 0.05) is 59.2 Å². The number of hydrogen-bond acceptors (Lipinski definition) is 5. The Balaban J connectivity index is 1.20. The van der Waals surface area contributed by atoms with Gasteiger partial charge >= 0.3 is 6.03 Å². The first-order valence-electron chi connectivity index (χ1n) is 14.5. The van der Waals surface area contributed by atoms with E-state index in [2.05, 4.69) is 47.4 Å². The largest absolute Gasteiger partial charge is 0.365 e. The van der Waals surface area contributed by atoms with Gasteiger partial charge in [-0.05, 0) is 57.7 Å². The third-order valence-corrected chi connectivity index (χ3v) is 8.35. The normalized spacial score (nSPS) is 16.2. The Bertz CT molecular complexity index is 1640. The van der Waals surface area contributed by atoms with Crippen molar-refractivity contribution in [3.8, 4) is 11.1 Å². The van der Waals surface area contributed by atoms with Crippen molar-refractivity contribution in [2.45, 2.75) is 58.2 Å². The smallest absolute Gasteiger partial charge is 0.322 e. The zero-order chi connectivity index (χ0) is 29.4. The van der Waals surface area contributed by atoms with Gasteiger partial charge in [0.2, 0.25) is 5.91 Å². The molecule has 0 aliphatic carbocycles. The standard InChI is InChI=1S/C32H36ClN7O2/c1-32(2,3)37-29-28-24(23-9-5-6-10-25(23)33)18-39(30(28)35-20-34-29)19-27(41)38-15-13-22(14-16-38)40-17-12-21-8-4-7-11-26(21)36-31(40)42/h4-11,18,20,22H,12-17,19H2,1-3H3,(H,36,42)(H,34,35,37). The predicted molar refractivity (Wildman–Crippen MR) is 167 cm³/mol. The highest BCUT2D eigenvalue weighted by Crippen LogP contribution is 2.38. The summed E-state index contributed by atoms with van der Waals surface area (Å²) in [6.45, 7) is 8.26. The molecule has 2 aromatic heterocycles. The molecule has 1 saturated heterocycles. The fourth-order valence-electron chi connectivity index (χ4n) is 5.99. The van der Waals surface area contributed by atoms with Crippen LogP contribution in [0, 0.1) is 0 Å². The first-order chi connectivity index (χ1) is 20.2. The molecule has 42 heavy (non-hydrogen) atoms. The molecule has 4 heterocycles. The van der Waals surface area contributed by atoms with Crippen LogP contribution in [0.15, 0.2) is 61.1 Å². The van der Waals surface area contributed by atoms with Crippen LogP contribution in [0.5, 0.6) is 0 Å². The fourth-order valence-corrected chi connectivity index (χ4v) is 6.23. The van der Waals surface area contributed by atoms with Crippen molar-refractivity contribution in [2.24, 2.45) is 0 Å². The highest BCUT2D eigenvalue weighted by molar-refractivity contribution is 6.33. The van der Waals surface area contributed by atoms with Crippen LogP contribution in [0.1, 0.15) is 39.2 Å². The van der Waals surface area contributed by atoms with E-state index in [0.29, 0.717) is 36.1 Å². The number of likely N-dealkylation sites (tertiary alicyclic amines) is 1. The number of amides is 3. The highest BCUT2D eigenvalue weighted by Gasteiger charge is 2.32. The predicted octanol–water partition coefficient (Wildman–Crippen LogP) is 6.04. The van der Waals surface area contributed by atoms with Crippen molar-refractivity contribution >= 4 is 46.1 Å². The summed E-state index contributed by atoms with van der Waals surface area (Å²) in [4.78, 5) is 39.6. The Morgan fingerprint density at radius 2 is 1.76 bits per heavy atom. The monoisotopic (exact) mass is 585 g/mol. The Labute approximate surface area is 250 Å². The number of rotatable bonds is 5. The summed E-state index contributed by atoms with van der Waals surface area (Å²) in [5.41, 5.74) is 4.23. The zero-order valence-corrected chi connectivity index (χ0v) is 25.0. The first-order valence-corrected chi connectivity index (χ1v) is 14.9. The van der Waals surface area contributed by atoms with Crippen LogP contribution in [0.25, 0.3) is 22.2 Å². The number of para-hydroxylation sites is 1. The van der Waals surface area contributed by atoms with E-state index in [1.807, 2.05) is 63.0 Å². The number of hydrogen-bond donors (Lipinski definition) is 2. The summed E-state index contributed by atoms with van der Waals surface area (Å²) >= 11 is 6.63. The van der Waals surface area contributed by atoms with Gasteiger partial charge in [0.15, 0.2) is 0 Å². The Hall–Kier alpha value is -4.11. The number of nitrogens with one attached hydrogen (secondary N) is 2. The maximum Gasteiger partial charge on any atom is 0.322 e. The lowest BCUT2D eigenvalue weighted by Gasteiger charge is -2.38. The molecule has 0 radical (unpaired) electrons. The Morgan fingerprint density at radius 3 is 2.52 bits per heavy atom. The van der Waals surface area contributed by atoms with E-state index >= 15 is 0 Å². The molecule has 3 amide bonds. The topological polar surface area (TPSA) is 95.4 Å². The van der Waals surface area contributed by atoms with Crippen LogP contribution in [0.4, 0.5) is 16.3 Å². The summed E-state index contributed by atoms with van der Waals surface area (Å²) in [6, 6.07) is 15.7. The molecule has 4 aromatic rings. The summed E-state index contributed by atoms with van der Waals surface area (Å²) in [5.74, 6) is 0.722. The number of carbonyl (C=O) groups is 2. The first kappa shape index (κ1) is 28.0. The molecular weight excluding hydrogens is 550 g/mol. The molecule has 0 bridgehead atoms. The van der Waals surface area contributed by atoms with Crippen molar-refractivity contribution in [1.82, 2.24) is 24.3 Å². The molecule has 2 aliphatic rings. The van der Waals surface area contributed by atoms with E-state index in [4.69, 9.17) is 11.6 Å². The summed E-state index contributed by atoms with van der Waals surface area (Å²) < 4.78 is 1.90. The molecule has 9 nitrogen and oxygen atoms in total. The summed E-state index contributed by atoms with van der Waals surface area (Å²) in [7, 11) is 0. The van der Waals surface area contributed by atoms with Gasteiger partial charge in [0.1, 0.15) is 24.3 Å². The number of aromatic nitrogens is 3. The number of benzene rings is 2. The number of carbonyl (C=O) groups excluding carboxylic acids is 2. The fraction of sp³-hybridized carbons (Fsp3) is 0.375. The quantitative estimate of drug-likeness (QED) is 0.298. The van der Waals surface area contributed by atoms with Gasteiger partial charge in [0.25, 0.3) is 0 Å². The van der Waals surface area contributed by atoms with E-state index in [-0.39, 0.29) is 30.1 Å². The number of fused-ring (bicyclic) bond motifs is 2. The molecule has 2 N–H and O–H groups in total. The van der Waals surface area contributed by atoms with Gasteiger partial charge in [0.05, 0.1) is 5.39 Å². The molecule has 218 valence electrons. The molecule has 0 unspecified atom stereocenters. The number of anilines is 2. The minimum absolute atomic E-state index is 0.0210. The van der Waals surface area contributed by atoms with Gasteiger partial charge in [-0.25, -0.2) is 14.8 Å². The lowest BCUT2D eigenvalue weighted by molar-refractivity contribution is -0.133. The lowest BCUT2D eigenvalue weighted by atomic mass is 10.0.